The lowest BCUT2D eigenvalue weighted by molar-refractivity contribution is 0.435. The molecule has 1 aliphatic rings. The zero-order valence-corrected chi connectivity index (χ0v) is 12.0. The van der Waals surface area contributed by atoms with Gasteiger partial charge in [-0.3, -0.25) is 4.98 Å². The largest absolute Gasteiger partial charge is 0.370 e. The first-order chi connectivity index (χ1) is 9.27. The fraction of sp³-hybridized carbons (Fsp3) is 0.438. The average Bonchev–Trinajstić information content (AvgIpc) is 2.46. The summed E-state index contributed by atoms with van der Waals surface area (Å²) >= 11 is 6.52. The number of nitrogens with zero attached hydrogens (tertiary/aromatic N) is 2. The lowest BCUT2D eigenvalue weighted by Gasteiger charge is -2.36. The van der Waals surface area contributed by atoms with E-state index in [9.17, 15) is 0 Å². The molecule has 2 nitrogen and oxygen atoms in total. The first-order valence-corrected chi connectivity index (χ1v) is 7.41. The molecule has 2 atom stereocenters. The summed E-state index contributed by atoms with van der Waals surface area (Å²) in [5.41, 5.74) is 2.29. The molecule has 0 aliphatic heterocycles. The van der Waals surface area contributed by atoms with Crippen LogP contribution in [-0.4, -0.2) is 23.5 Å². The fourth-order valence-electron chi connectivity index (χ4n) is 3.07. The van der Waals surface area contributed by atoms with Crippen molar-refractivity contribution in [3.63, 3.8) is 0 Å². The van der Waals surface area contributed by atoms with Gasteiger partial charge in [0.25, 0.3) is 0 Å². The molecule has 0 saturated heterocycles. The Morgan fingerprint density at radius 2 is 1.95 bits per heavy atom. The number of fused-ring (bicyclic) bond motifs is 1. The number of hydrogen-bond donors (Lipinski definition) is 0. The third kappa shape index (κ3) is 2.42. The van der Waals surface area contributed by atoms with E-state index in [1.165, 1.54) is 30.3 Å². The smallest absolute Gasteiger partial charge is 0.0722 e. The van der Waals surface area contributed by atoms with E-state index in [4.69, 9.17) is 11.6 Å². The minimum Gasteiger partial charge on any atom is -0.370 e. The van der Waals surface area contributed by atoms with Crippen molar-refractivity contribution in [2.75, 3.05) is 11.9 Å². The van der Waals surface area contributed by atoms with Gasteiger partial charge in [-0.15, -0.1) is 11.6 Å². The predicted molar refractivity (Wildman–Crippen MR) is 82.0 cm³/mol. The van der Waals surface area contributed by atoms with Gasteiger partial charge in [-0.05, 0) is 25.0 Å². The number of alkyl halides is 1. The molecule has 1 saturated carbocycles. The van der Waals surface area contributed by atoms with Crippen molar-refractivity contribution in [3.8, 4) is 0 Å². The van der Waals surface area contributed by atoms with Crippen LogP contribution in [0.4, 0.5) is 5.69 Å². The molecular formula is C16H19ClN2. The highest BCUT2D eigenvalue weighted by Crippen LogP contribution is 2.32. The molecule has 0 spiro atoms. The Labute approximate surface area is 119 Å². The summed E-state index contributed by atoms with van der Waals surface area (Å²) in [4.78, 5) is 6.78. The molecule has 19 heavy (non-hydrogen) atoms. The van der Waals surface area contributed by atoms with E-state index in [1.807, 2.05) is 12.3 Å². The molecule has 1 fully saturated rings. The maximum Gasteiger partial charge on any atom is 0.0722 e. The van der Waals surface area contributed by atoms with E-state index < -0.39 is 0 Å². The highest BCUT2D eigenvalue weighted by atomic mass is 35.5. The van der Waals surface area contributed by atoms with Crippen LogP contribution >= 0.6 is 11.6 Å². The molecule has 3 heteroatoms. The van der Waals surface area contributed by atoms with Gasteiger partial charge in [-0.2, -0.15) is 0 Å². The van der Waals surface area contributed by atoms with Crippen molar-refractivity contribution in [1.82, 2.24) is 4.98 Å². The van der Waals surface area contributed by atoms with Gasteiger partial charge >= 0.3 is 0 Å². The summed E-state index contributed by atoms with van der Waals surface area (Å²) in [5, 5.41) is 1.47. The van der Waals surface area contributed by atoms with Crippen LogP contribution in [0.15, 0.2) is 36.5 Å². The van der Waals surface area contributed by atoms with Gasteiger partial charge in [0.05, 0.1) is 10.9 Å². The van der Waals surface area contributed by atoms with Gasteiger partial charge in [0.1, 0.15) is 0 Å². The Morgan fingerprint density at radius 3 is 2.79 bits per heavy atom. The van der Waals surface area contributed by atoms with E-state index in [0.29, 0.717) is 6.04 Å². The van der Waals surface area contributed by atoms with Crippen LogP contribution in [0.3, 0.4) is 0 Å². The third-order valence-corrected chi connectivity index (χ3v) is 4.66. The van der Waals surface area contributed by atoms with Crippen LogP contribution in [0, 0.1) is 0 Å². The van der Waals surface area contributed by atoms with Crippen LogP contribution in [0.1, 0.15) is 25.7 Å². The SMILES string of the molecule is CN(c1ccnc2ccccc12)C1CCCCC1Cl. The lowest BCUT2D eigenvalue weighted by atomic mass is 9.93. The number of hydrogen-bond acceptors (Lipinski definition) is 2. The van der Waals surface area contributed by atoms with Gasteiger partial charge in [0.15, 0.2) is 0 Å². The number of benzene rings is 1. The normalized spacial score (nSPS) is 23.5. The summed E-state index contributed by atoms with van der Waals surface area (Å²) in [6.45, 7) is 0. The topological polar surface area (TPSA) is 16.1 Å². The number of pyridine rings is 1. The van der Waals surface area contributed by atoms with Gasteiger partial charge in [-0.1, -0.05) is 31.0 Å². The Hall–Kier alpha value is -1.28. The summed E-state index contributed by atoms with van der Waals surface area (Å²) in [6, 6.07) is 10.8. The Bertz CT molecular complexity index is 564. The van der Waals surface area contributed by atoms with E-state index in [0.717, 1.165) is 11.9 Å². The Morgan fingerprint density at radius 1 is 1.16 bits per heavy atom. The number of halogens is 1. The summed E-state index contributed by atoms with van der Waals surface area (Å²) in [6.07, 6.45) is 6.73. The van der Waals surface area contributed by atoms with E-state index in [1.54, 1.807) is 0 Å². The summed E-state index contributed by atoms with van der Waals surface area (Å²) in [7, 11) is 2.16. The maximum atomic E-state index is 6.52. The molecule has 1 aliphatic carbocycles. The first-order valence-electron chi connectivity index (χ1n) is 6.98. The van der Waals surface area contributed by atoms with Gasteiger partial charge in [0.2, 0.25) is 0 Å². The number of aromatic nitrogens is 1. The van der Waals surface area contributed by atoms with E-state index in [-0.39, 0.29) is 5.38 Å². The average molecular weight is 275 g/mol. The molecule has 0 bridgehead atoms. The first kappa shape index (κ1) is 12.7. The quantitative estimate of drug-likeness (QED) is 0.762. The second-order valence-electron chi connectivity index (χ2n) is 5.33. The lowest BCUT2D eigenvalue weighted by Crippen LogP contribution is -2.41. The van der Waals surface area contributed by atoms with Gasteiger partial charge in [-0.25, -0.2) is 0 Å². The maximum absolute atomic E-state index is 6.52. The summed E-state index contributed by atoms with van der Waals surface area (Å²) in [5.74, 6) is 0. The molecule has 0 radical (unpaired) electrons. The van der Waals surface area contributed by atoms with Crippen molar-refractivity contribution < 1.29 is 0 Å². The minimum absolute atomic E-state index is 0.255. The van der Waals surface area contributed by atoms with Crippen molar-refractivity contribution in [3.05, 3.63) is 36.5 Å². The molecule has 3 rings (SSSR count). The van der Waals surface area contributed by atoms with Crippen molar-refractivity contribution in [1.29, 1.82) is 0 Å². The van der Waals surface area contributed by atoms with Crippen LogP contribution in [0.25, 0.3) is 10.9 Å². The van der Waals surface area contributed by atoms with Crippen LogP contribution in [0.5, 0.6) is 0 Å². The molecular weight excluding hydrogens is 256 g/mol. The molecule has 1 aromatic carbocycles. The van der Waals surface area contributed by atoms with Crippen LogP contribution in [0.2, 0.25) is 0 Å². The second kappa shape index (κ2) is 5.38. The third-order valence-electron chi connectivity index (χ3n) is 4.15. The Kier molecular flexibility index (Phi) is 3.61. The van der Waals surface area contributed by atoms with Gasteiger partial charge in [0, 0.05) is 30.4 Å². The molecule has 1 aromatic heterocycles. The van der Waals surface area contributed by atoms with Gasteiger partial charge < -0.3 is 4.90 Å². The molecule has 2 unspecified atom stereocenters. The molecule has 2 aromatic rings. The van der Waals surface area contributed by atoms with Crippen LogP contribution in [-0.2, 0) is 0 Å². The Balaban J connectivity index is 1.99. The number of anilines is 1. The van der Waals surface area contributed by atoms with E-state index >= 15 is 0 Å². The monoisotopic (exact) mass is 274 g/mol. The van der Waals surface area contributed by atoms with Crippen molar-refractivity contribution >= 4 is 28.2 Å². The molecule has 1 heterocycles. The fourth-order valence-corrected chi connectivity index (χ4v) is 3.52. The highest BCUT2D eigenvalue weighted by molar-refractivity contribution is 6.21. The van der Waals surface area contributed by atoms with Crippen molar-refractivity contribution in [2.24, 2.45) is 0 Å². The second-order valence-corrected chi connectivity index (χ2v) is 5.89. The number of rotatable bonds is 2. The number of para-hydroxylation sites is 1. The minimum atomic E-state index is 0.255. The standard InChI is InChI=1S/C16H19ClN2/c1-19(16-9-5-3-7-13(16)17)15-10-11-18-14-8-4-2-6-12(14)15/h2,4,6,8,10-11,13,16H,3,5,7,9H2,1H3. The summed E-state index contributed by atoms with van der Waals surface area (Å²) < 4.78 is 0. The van der Waals surface area contributed by atoms with Crippen LogP contribution < -0.4 is 4.90 Å². The molecule has 100 valence electrons. The highest BCUT2D eigenvalue weighted by Gasteiger charge is 2.27. The van der Waals surface area contributed by atoms with Crippen molar-refractivity contribution in [2.45, 2.75) is 37.1 Å². The molecule has 0 N–H and O–H groups in total. The zero-order chi connectivity index (χ0) is 13.2. The zero-order valence-electron chi connectivity index (χ0n) is 11.2. The van der Waals surface area contributed by atoms with E-state index in [2.05, 4.69) is 41.2 Å². The molecule has 0 amide bonds. The predicted octanol–water partition coefficient (Wildman–Crippen LogP) is 4.22.